The molecule has 0 saturated carbocycles. The molecular formula is C20H33Cl2N3O2. The molecule has 154 valence electrons. The zero-order valence-corrected chi connectivity index (χ0v) is 17.7. The minimum absolute atomic E-state index is 0. The van der Waals surface area contributed by atoms with E-state index in [4.69, 9.17) is 4.74 Å². The third-order valence-electron chi connectivity index (χ3n) is 5.42. The summed E-state index contributed by atoms with van der Waals surface area (Å²) in [4.78, 5) is 14.9. The largest absolute Gasteiger partial charge is 0.496 e. The van der Waals surface area contributed by atoms with Gasteiger partial charge in [0.2, 0.25) is 5.91 Å². The maximum atomic E-state index is 12.4. The quantitative estimate of drug-likeness (QED) is 0.714. The topological polar surface area (TPSA) is 53.6 Å². The Morgan fingerprint density at radius 3 is 2.63 bits per heavy atom. The van der Waals surface area contributed by atoms with Gasteiger partial charge in [-0.15, -0.1) is 24.8 Å². The van der Waals surface area contributed by atoms with Gasteiger partial charge in [-0.25, -0.2) is 0 Å². The van der Waals surface area contributed by atoms with Crippen molar-refractivity contribution in [3.05, 3.63) is 29.8 Å². The minimum atomic E-state index is 0. The van der Waals surface area contributed by atoms with Crippen molar-refractivity contribution in [3.63, 3.8) is 0 Å². The smallest absolute Gasteiger partial charge is 0.221 e. The summed E-state index contributed by atoms with van der Waals surface area (Å²) in [6.07, 6.45) is 6.62. The van der Waals surface area contributed by atoms with Crippen LogP contribution in [0.2, 0.25) is 0 Å². The van der Waals surface area contributed by atoms with E-state index in [1.165, 1.54) is 31.2 Å². The van der Waals surface area contributed by atoms with Crippen LogP contribution in [0.5, 0.6) is 5.75 Å². The van der Waals surface area contributed by atoms with E-state index in [1.54, 1.807) is 7.11 Å². The van der Waals surface area contributed by atoms with Gasteiger partial charge in [0, 0.05) is 24.6 Å². The van der Waals surface area contributed by atoms with E-state index in [2.05, 4.69) is 27.7 Å². The lowest BCUT2D eigenvalue weighted by Crippen LogP contribution is -2.41. The predicted molar refractivity (Wildman–Crippen MR) is 114 cm³/mol. The Morgan fingerprint density at radius 2 is 1.96 bits per heavy atom. The second kappa shape index (κ2) is 12.4. The minimum Gasteiger partial charge on any atom is -0.496 e. The van der Waals surface area contributed by atoms with Crippen LogP contribution in [0.25, 0.3) is 0 Å². The fraction of sp³-hybridized carbons (Fsp3) is 0.650. The molecule has 0 bridgehead atoms. The molecule has 3 rings (SSSR count). The molecule has 2 aliphatic heterocycles. The monoisotopic (exact) mass is 417 g/mol. The highest BCUT2D eigenvalue weighted by Gasteiger charge is 2.26. The summed E-state index contributed by atoms with van der Waals surface area (Å²) in [6, 6.07) is 8.72. The van der Waals surface area contributed by atoms with E-state index in [0.717, 1.165) is 31.8 Å². The number of rotatable bonds is 7. The molecule has 2 heterocycles. The zero-order chi connectivity index (χ0) is 17.5. The molecule has 7 heteroatoms. The Hall–Kier alpha value is -1.01. The Labute approximate surface area is 175 Å². The second-order valence-corrected chi connectivity index (χ2v) is 7.16. The number of amides is 1. The van der Waals surface area contributed by atoms with Gasteiger partial charge < -0.3 is 15.4 Å². The van der Waals surface area contributed by atoms with Crippen molar-refractivity contribution in [2.24, 2.45) is 0 Å². The molecule has 2 atom stereocenters. The highest BCUT2D eigenvalue weighted by Crippen LogP contribution is 2.30. The van der Waals surface area contributed by atoms with E-state index < -0.39 is 0 Å². The number of halogens is 2. The second-order valence-electron chi connectivity index (χ2n) is 7.16. The van der Waals surface area contributed by atoms with Crippen molar-refractivity contribution in [1.82, 2.24) is 15.5 Å². The number of hydrogen-bond donors (Lipinski definition) is 2. The van der Waals surface area contributed by atoms with Gasteiger partial charge in [-0.05, 0) is 51.4 Å². The van der Waals surface area contributed by atoms with Gasteiger partial charge >= 0.3 is 0 Å². The molecule has 2 saturated heterocycles. The molecule has 1 amide bonds. The van der Waals surface area contributed by atoms with Crippen LogP contribution in [0.3, 0.4) is 0 Å². The predicted octanol–water partition coefficient (Wildman–Crippen LogP) is 3.32. The van der Waals surface area contributed by atoms with Crippen molar-refractivity contribution in [3.8, 4) is 5.75 Å². The Balaban J connectivity index is 0.00000182. The average Bonchev–Trinajstić information content (AvgIpc) is 3.16. The highest BCUT2D eigenvalue weighted by molar-refractivity contribution is 5.85. The summed E-state index contributed by atoms with van der Waals surface area (Å²) in [7, 11) is 1.72. The molecular weight excluding hydrogens is 385 g/mol. The van der Waals surface area contributed by atoms with E-state index in [9.17, 15) is 4.79 Å². The molecule has 0 radical (unpaired) electrons. The van der Waals surface area contributed by atoms with Crippen molar-refractivity contribution < 1.29 is 9.53 Å². The molecule has 2 N–H and O–H groups in total. The Morgan fingerprint density at radius 1 is 1.22 bits per heavy atom. The summed E-state index contributed by atoms with van der Waals surface area (Å²) >= 11 is 0. The fourth-order valence-electron chi connectivity index (χ4n) is 4.04. The van der Waals surface area contributed by atoms with Gasteiger partial charge in [0.15, 0.2) is 0 Å². The van der Waals surface area contributed by atoms with Crippen molar-refractivity contribution in [1.29, 1.82) is 0 Å². The van der Waals surface area contributed by atoms with Crippen molar-refractivity contribution in [2.75, 3.05) is 33.3 Å². The molecule has 27 heavy (non-hydrogen) atoms. The summed E-state index contributed by atoms with van der Waals surface area (Å²) in [5.41, 5.74) is 1.17. The van der Waals surface area contributed by atoms with Crippen molar-refractivity contribution in [2.45, 2.75) is 50.6 Å². The SMILES string of the molecule is COc1ccccc1C(CNC(=O)CC1CCCN1)N1CCCCC1.Cl.Cl. The van der Waals surface area contributed by atoms with Crippen LogP contribution in [-0.4, -0.2) is 50.1 Å². The van der Waals surface area contributed by atoms with Crippen LogP contribution in [0, 0.1) is 0 Å². The molecule has 2 aliphatic rings. The van der Waals surface area contributed by atoms with Crippen LogP contribution < -0.4 is 15.4 Å². The fourth-order valence-corrected chi connectivity index (χ4v) is 4.04. The number of nitrogens with one attached hydrogen (secondary N) is 2. The first-order chi connectivity index (χ1) is 12.3. The van der Waals surface area contributed by atoms with Crippen molar-refractivity contribution >= 4 is 30.7 Å². The number of likely N-dealkylation sites (tertiary alicyclic amines) is 1. The standard InChI is InChI=1S/C20H31N3O2.2ClH/c1-25-19-10-4-3-9-17(19)18(23-12-5-2-6-13-23)15-22-20(24)14-16-8-7-11-21-16;;/h3-4,9-10,16,18,21H,2,5-8,11-15H2,1H3,(H,22,24);2*1H. The Bertz CT molecular complexity index is 562. The first-order valence-corrected chi connectivity index (χ1v) is 9.65. The number of ether oxygens (including phenoxy) is 1. The lowest BCUT2D eigenvalue weighted by Gasteiger charge is -2.35. The molecule has 0 spiro atoms. The number of nitrogens with zero attached hydrogens (tertiary/aromatic N) is 1. The van der Waals surface area contributed by atoms with E-state index in [0.29, 0.717) is 19.0 Å². The van der Waals surface area contributed by atoms with Gasteiger partial charge in [-0.1, -0.05) is 24.6 Å². The number of para-hydroxylation sites is 1. The molecule has 1 aromatic carbocycles. The van der Waals surface area contributed by atoms with Crippen LogP contribution in [0.15, 0.2) is 24.3 Å². The number of carbonyl (C=O) groups is 1. The van der Waals surface area contributed by atoms with Gasteiger partial charge in [-0.2, -0.15) is 0 Å². The number of hydrogen-bond acceptors (Lipinski definition) is 4. The zero-order valence-electron chi connectivity index (χ0n) is 16.1. The third kappa shape index (κ3) is 6.83. The first-order valence-electron chi connectivity index (χ1n) is 9.65. The van der Waals surface area contributed by atoms with E-state index in [-0.39, 0.29) is 36.8 Å². The van der Waals surface area contributed by atoms with Gasteiger partial charge in [0.25, 0.3) is 0 Å². The summed E-state index contributed by atoms with van der Waals surface area (Å²) in [5, 5.41) is 6.58. The Kier molecular flexibility index (Phi) is 11.1. The summed E-state index contributed by atoms with van der Waals surface area (Å²) in [5.74, 6) is 1.06. The highest BCUT2D eigenvalue weighted by atomic mass is 35.5. The normalized spacial score (nSPS) is 20.9. The molecule has 5 nitrogen and oxygen atoms in total. The molecule has 0 aromatic heterocycles. The van der Waals surface area contributed by atoms with E-state index >= 15 is 0 Å². The first kappa shape index (κ1) is 24.0. The lowest BCUT2D eigenvalue weighted by atomic mass is 10.0. The molecule has 2 fully saturated rings. The molecule has 1 aromatic rings. The number of benzene rings is 1. The number of carbonyl (C=O) groups excluding carboxylic acids is 1. The maximum Gasteiger partial charge on any atom is 0.221 e. The summed E-state index contributed by atoms with van der Waals surface area (Å²) < 4.78 is 5.58. The molecule has 2 unspecified atom stereocenters. The van der Waals surface area contributed by atoms with Crippen LogP contribution in [0.1, 0.15) is 50.1 Å². The van der Waals surface area contributed by atoms with Crippen LogP contribution >= 0.6 is 24.8 Å². The van der Waals surface area contributed by atoms with Gasteiger partial charge in [-0.3, -0.25) is 9.69 Å². The van der Waals surface area contributed by atoms with Gasteiger partial charge in [0.05, 0.1) is 13.2 Å². The average molecular weight is 418 g/mol. The van der Waals surface area contributed by atoms with Crippen LogP contribution in [-0.2, 0) is 4.79 Å². The number of piperidine rings is 1. The van der Waals surface area contributed by atoms with E-state index in [1.807, 2.05) is 12.1 Å². The maximum absolute atomic E-state index is 12.4. The van der Waals surface area contributed by atoms with Crippen LogP contribution in [0.4, 0.5) is 0 Å². The third-order valence-corrected chi connectivity index (χ3v) is 5.42. The lowest BCUT2D eigenvalue weighted by molar-refractivity contribution is -0.121. The molecule has 0 aliphatic carbocycles. The number of methoxy groups -OCH3 is 1. The van der Waals surface area contributed by atoms with Gasteiger partial charge in [0.1, 0.15) is 5.75 Å². The summed E-state index contributed by atoms with van der Waals surface area (Å²) in [6.45, 7) is 3.85.